The fourth-order valence-corrected chi connectivity index (χ4v) is 4.71. The van der Waals surface area contributed by atoms with E-state index in [-0.39, 0.29) is 17.1 Å². The summed E-state index contributed by atoms with van der Waals surface area (Å²) < 4.78 is 20.9. The molecule has 3 rings (SSSR count). The van der Waals surface area contributed by atoms with Crippen molar-refractivity contribution in [2.24, 2.45) is 10.7 Å². The van der Waals surface area contributed by atoms with Crippen LogP contribution in [0.3, 0.4) is 0 Å². The molecule has 0 spiro atoms. The van der Waals surface area contributed by atoms with Gasteiger partial charge in [-0.3, -0.25) is 24.8 Å². The van der Waals surface area contributed by atoms with Crippen molar-refractivity contribution in [1.29, 1.82) is 0 Å². The summed E-state index contributed by atoms with van der Waals surface area (Å²) in [6, 6.07) is 9.52. The second kappa shape index (κ2) is 12.6. The van der Waals surface area contributed by atoms with Crippen molar-refractivity contribution in [3.8, 4) is 5.75 Å². The number of nitrogens with zero attached hydrogens (tertiary/aromatic N) is 2. The van der Waals surface area contributed by atoms with Gasteiger partial charge in [0.1, 0.15) is 17.6 Å². The Labute approximate surface area is 212 Å². The highest BCUT2D eigenvalue weighted by Crippen LogP contribution is 2.25. The van der Waals surface area contributed by atoms with Gasteiger partial charge in [-0.25, -0.2) is 4.39 Å². The Kier molecular flexibility index (Phi) is 9.62. The zero-order valence-corrected chi connectivity index (χ0v) is 21.2. The Bertz CT molecular complexity index is 1100. The molecule has 4 N–H and O–H groups in total. The first-order valence-electron chi connectivity index (χ1n) is 11.5. The van der Waals surface area contributed by atoms with Crippen LogP contribution in [0.4, 0.5) is 4.39 Å². The molecule has 2 aromatic rings. The summed E-state index contributed by atoms with van der Waals surface area (Å²) in [4.78, 5) is 30.2. The number of rotatable bonds is 10. The number of benzene rings is 2. The number of carboxylic acids is 1. The number of carboxylic acid groups (broad SMARTS) is 1. The smallest absolute Gasteiger partial charge is 0.320 e. The summed E-state index contributed by atoms with van der Waals surface area (Å²) in [5, 5.41) is 11.8. The van der Waals surface area contributed by atoms with Gasteiger partial charge in [0.25, 0.3) is 5.91 Å². The second-order valence-electron chi connectivity index (χ2n) is 8.33. The second-order valence-corrected chi connectivity index (χ2v) is 9.24. The lowest BCUT2D eigenvalue weighted by molar-refractivity contribution is -0.142. The number of methoxy groups -OCH3 is 1. The molecular weight excluding hydrogens is 519 g/mol. The molecular formula is C25H30BrFN4O4. The Morgan fingerprint density at radius 1 is 1.31 bits per heavy atom. The number of aliphatic imine (C=N–C) groups is 1. The van der Waals surface area contributed by atoms with E-state index in [0.717, 1.165) is 23.0 Å². The predicted octanol–water partition coefficient (Wildman–Crippen LogP) is 3.37. The average molecular weight is 549 g/mol. The zero-order chi connectivity index (χ0) is 25.4. The molecule has 0 bridgehead atoms. The molecule has 0 radical (unpaired) electrons. The molecule has 0 saturated carbocycles. The normalized spacial score (nSPS) is 16.3. The van der Waals surface area contributed by atoms with Crippen molar-refractivity contribution >= 4 is 33.8 Å². The number of guanidine groups is 1. The van der Waals surface area contributed by atoms with Crippen LogP contribution in [0.2, 0.25) is 0 Å². The number of halogens is 2. The molecule has 0 aromatic heterocycles. The molecule has 1 aliphatic heterocycles. The fraction of sp³-hybridized carbons (Fsp3) is 0.400. The number of nitrogens with two attached hydrogens (primary N) is 1. The lowest BCUT2D eigenvalue weighted by Gasteiger charge is -2.20. The van der Waals surface area contributed by atoms with E-state index in [4.69, 9.17) is 10.5 Å². The van der Waals surface area contributed by atoms with Gasteiger partial charge in [0.05, 0.1) is 7.11 Å². The molecule has 1 atom stereocenters. The molecule has 1 unspecified atom stereocenters. The van der Waals surface area contributed by atoms with Crippen molar-refractivity contribution in [2.45, 2.75) is 38.1 Å². The highest BCUT2D eigenvalue weighted by Gasteiger charge is 2.29. The number of amides is 1. The van der Waals surface area contributed by atoms with Gasteiger partial charge in [-0.15, -0.1) is 0 Å². The first kappa shape index (κ1) is 26.6. The molecule has 1 amide bonds. The van der Waals surface area contributed by atoms with Crippen LogP contribution in [-0.4, -0.2) is 60.6 Å². The van der Waals surface area contributed by atoms with Gasteiger partial charge in [-0.1, -0.05) is 22.0 Å². The van der Waals surface area contributed by atoms with Crippen LogP contribution in [0, 0.1) is 5.82 Å². The number of aryl methyl sites for hydroxylation is 1. The Morgan fingerprint density at radius 2 is 2.11 bits per heavy atom. The van der Waals surface area contributed by atoms with E-state index in [1.54, 1.807) is 13.2 Å². The van der Waals surface area contributed by atoms with Crippen molar-refractivity contribution < 1.29 is 23.8 Å². The quantitative estimate of drug-likeness (QED) is 0.238. The maximum Gasteiger partial charge on any atom is 0.320 e. The largest absolute Gasteiger partial charge is 0.496 e. The third-order valence-electron chi connectivity index (χ3n) is 6.03. The van der Waals surface area contributed by atoms with E-state index in [1.165, 1.54) is 12.1 Å². The number of likely N-dealkylation sites (tertiary alicyclic amines) is 1. The molecule has 1 heterocycles. The van der Waals surface area contributed by atoms with E-state index in [1.807, 2.05) is 23.1 Å². The summed E-state index contributed by atoms with van der Waals surface area (Å²) in [6.07, 6.45) is 2.89. The van der Waals surface area contributed by atoms with Gasteiger partial charge in [-0.05, 0) is 74.5 Å². The molecule has 1 fully saturated rings. The number of aliphatic carboxylic acids is 1. The van der Waals surface area contributed by atoms with Gasteiger partial charge in [0, 0.05) is 28.7 Å². The summed E-state index contributed by atoms with van der Waals surface area (Å²) in [5.41, 5.74) is 7.25. The maximum atomic E-state index is 14.7. The number of hydrogen-bond acceptors (Lipinski definition) is 5. The summed E-state index contributed by atoms with van der Waals surface area (Å²) in [6.45, 7) is 1.68. The molecule has 0 aliphatic carbocycles. The Hall–Kier alpha value is -2.98. The third kappa shape index (κ3) is 7.25. The highest BCUT2D eigenvalue weighted by molar-refractivity contribution is 9.10. The number of nitrogens with one attached hydrogen (secondary N) is 1. The van der Waals surface area contributed by atoms with Crippen molar-refractivity contribution in [1.82, 2.24) is 10.2 Å². The number of carbonyl (C=O) groups is 2. The molecule has 2 aromatic carbocycles. The fourth-order valence-electron chi connectivity index (χ4n) is 4.30. The van der Waals surface area contributed by atoms with Crippen molar-refractivity contribution in [2.75, 3.05) is 26.7 Å². The summed E-state index contributed by atoms with van der Waals surface area (Å²) >= 11 is 3.44. The maximum absolute atomic E-state index is 14.7. The van der Waals surface area contributed by atoms with Crippen LogP contribution >= 0.6 is 15.9 Å². The molecule has 10 heteroatoms. The van der Waals surface area contributed by atoms with Gasteiger partial charge in [0.2, 0.25) is 0 Å². The van der Waals surface area contributed by atoms with Crippen LogP contribution in [0.25, 0.3) is 0 Å². The lowest BCUT2D eigenvalue weighted by atomic mass is 9.98. The topological polar surface area (TPSA) is 117 Å². The molecule has 35 heavy (non-hydrogen) atoms. The first-order valence-corrected chi connectivity index (χ1v) is 12.3. The Morgan fingerprint density at radius 3 is 2.86 bits per heavy atom. The minimum absolute atomic E-state index is 0.0601. The van der Waals surface area contributed by atoms with Crippen LogP contribution in [0.1, 0.15) is 40.7 Å². The SMILES string of the molecule is COc1ccc(Br)cc1CCc1c(F)cccc1C(=O)NC(N)=NCCCN1CCCC1C(=O)O. The minimum Gasteiger partial charge on any atom is -0.496 e. The standard InChI is InChI=1S/C25H30BrFN4O4/c1-35-22-11-9-17(26)15-16(22)8-10-18-19(5-2-6-20(18)27)23(32)30-25(28)29-12-4-14-31-13-3-7-21(31)24(33)34/h2,5-6,9,11,15,21H,3-4,7-8,10,12-14H2,1H3,(H,33,34)(H3,28,29,30,32). The zero-order valence-electron chi connectivity index (χ0n) is 19.6. The summed E-state index contributed by atoms with van der Waals surface area (Å²) in [5.74, 6) is -1.18. The molecule has 1 saturated heterocycles. The minimum atomic E-state index is -0.804. The molecule has 188 valence electrons. The van der Waals surface area contributed by atoms with Gasteiger partial charge < -0.3 is 15.6 Å². The highest BCUT2D eigenvalue weighted by atomic mass is 79.9. The van der Waals surface area contributed by atoms with Gasteiger partial charge in [-0.2, -0.15) is 0 Å². The van der Waals surface area contributed by atoms with Crippen LogP contribution in [-0.2, 0) is 17.6 Å². The van der Waals surface area contributed by atoms with E-state index in [2.05, 4.69) is 26.2 Å². The molecule has 8 nitrogen and oxygen atoms in total. The summed E-state index contributed by atoms with van der Waals surface area (Å²) in [7, 11) is 1.58. The van der Waals surface area contributed by atoms with Gasteiger partial charge >= 0.3 is 5.97 Å². The van der Waals surface area contributed by atoms with E-state index < -0.39 is 23.7 Å². The third-order valence-corrected chi connectivity index (χ3v) is 6.52. The van der Waals surface area contributed by atoms with Crippen molar-refractivity contribution in [3.63, 3.8) is 0 Å². The first-order chi connectivity index (χ1) is 16.8. The van der Waals surface area contributed by atoms with Crippen LogP contribution in [0.5, 0.6) is 5.75 Å². The number of ether oxygens (including phenoxy) is 1. The van der Waals surface area contributed by atoms with E-state index >= 15 is 0 Å². The number of hydrogen-bond donors (Lipinski definition) is 3. The molecule has 1 aliphatic rings. The van der Waals surface area contributed by atoms with Gasteiger partial charge in [0.15, 0.2) is 5.96 Å². The van der Waals surface area contributed by atoms with E-state index in [9.17, 15) is 19.1 Å². The van der Waals surface area contributed by atoms with Crippen LogP contribution < -0.4 is 15.8 Å². The predicted molar refractivity (Wildman–Crippen MR) is 135 cm³/mol. The lowest BCUT2D eigenvalue weighted by Crippen LogP contribution is -2.38. The van der Waals surface area contributed by atoms with Crippen molar-refractivity contribution in [3.05, 3.63) is 63.4 Å². The van der Waals surface area contributed by atoms with Crippen LogP contribution in [0.15, 0.2) is 45.9 Å². The number of carbonyl (C=O) groups excluding carboxylic acids is 1. The van der Waals surface area contributed by atoms with E-state index in [0.29, 0.717) is 44.5 Å². The Balaban J connectivity index is 1.59. The average Bonchev–Trinajstić information content (AvgIpc) is 3.30. The monoisotopic (exact) mass is 548 g/mol.